The molecule has 1 heterocycles. The van der Waals surface area contributed by atoms with E-state index in [4.69, 9.17) is 10.2 Å². The second-order valence-electron chi connectivity index (χ2n) is 3.45. The Morgan fingerprint density at radius 2 is 2.07 bits per heavy atom. The normalized spacial score (nSPS) is 10.8. The highest BCUT2D eigenvalue weighted by Crippen LogP contribution is 2.32. The standard InChI is InChI=1S/C10H10N2O3/c1-5-6(2)15-10-4-9(12(13)14)8(11)3-7(5)10/h3-4H,11H2,1-2H3. The fraction of sp³-hybridized carbons (Fsp3) is 0.200. The van der Waals surface area contributed by atoms with Gasteiger partial charge in [0.1, 0.15) is 17.0 Å². The Labute approximate surface area is 85.6 Å². The summed E-state index contributed by atoms with van der Waals surface area (Å²) in [5, 5.41) is 11.5. The molecule has 0 bridgehead atoms. The average Bonchev–Trinajstić information content (AvgIpc) is 2.43. The van der Waals surface area contributed by atoms with Gasteiger partial charge in [-0.2, -0.15) is 0 Å². The van der Waals surface area contributed by atoms with Crippen molar-refractivity contribution in [2.45, 2.75) is 13.8 Å². The van der Waals surface area contributed by atoms with E-state index < -0.39 is 4.92 Å². The van der Waals surface area contributed by atoms with Crippen molar-refractivity contribution in [3.05, 3.63) is 33.6 Å². The summed E-state index contributed by atoms with van der Waals surface area (Å²) in [6, 6.07) is 2.95. The van der Waals surface area contributed by atoms with Gasteiger partial charge in [0.25, 0.3) is 5.69 Å². The number of furan rings is 1. The fourth-order valence-corrected chi connectivity index (χ4v) is 1.55. The number of nitrogens with zero attached hydrogens (tertiary/aromatic N) is 1. The molecule has 0 saturated heterocycles. The molecule has 0 aliphatic rings. The first-order chi connectivity index (χ1) is 7.00. The molecule has 2 rings (SSSR count). The minimum atomic E-state index is -0.512. The van der Waals surface area contributed by atoms with Crippen LogP contribution in [0.2, 0.25) is 0 Å². The molecule has 0 spiro atoms. The molecule has 0 unspecified atom stereocenters. The minimum absolute atomic E-state index is 0.115. The first-order valence-corrected chi connectivity index (χ1v) is 4.44. The SMILES string of the molecule is Cc1oc2cc([N+](=O)[O-])c(N)cc2c1C. The predicted octanol–water partition coefficient (Wildman–Crippen LogP) is 2.54. The van der Waals surface area contributed by atoms with Crippen molar-refractivity contribution in [2.24, 2.45) is 0 Å². The van der Waals surface area contributed by atoms with E-state index >= 15 is 0 Å². The summed E-state index contributed by atoms with van der Waals surface area (Å²) in [6.45, 7) is 3.71. The number of rotatable bonds is 1. The van der Waals surface area contributed by atoms with Crippen molar-refractivity contribution in [3.8, 4) is 0 Å². The van der Waals surface area contributed by atoms with Gasteiger partial charge in [0.2, 0.25) is 0 Å². The lowest BCUT2D eigenvalue weighted by Crippen LogP contribution is -1.94. The molecule has 2 N–H and O–H groups in total. The van der Waals surface area contributed by atoms with E-state index in [1.807, 2.05) is 13.8 Å². The van der Waals surface area contributed by atoms with Gasteiger partial charge in [-0.1, -0.05) is 0 Å². The number of aryl methyl sites for hydroxylation is 2. The molecule has 1 aromatic carbocycles. The maximum Gasteiger partial charge on any atom is 0.295 e. The Morgan fingerprint density at radius 3 is 2.67 bits per heavy atom. The number of benzene rings is 1. The summed E-state index contributed by atoms with van der Waals surface area (Å²) in [5.41, 5.74) is 7.10. The van der Waals surface area contributed by atoms with Crippen molar-refractivity contribution in [1.29, 1.82) is 0 Å². The molecule has 0 aliphatic carbocycles. The van der Waals surface area contributed by atoms with Crippen LogP contribution in [0.15, 0.2) is 16.5 Å². The highest BCUT2D eigenvalue weighted by molar-refractivity contribution is 5.88. The van der Waals surface area contributed by atoms with E-state index in [-0.39, 0.29) is 11.4 Å². The van der Waals surface area contributed by atoms with Gasteiger partial charge in [-0.3, -0.25) is 10.1 Å². The molecular formula is C10H10N2O3. The number of nitrogens with two attached hydrogens (primary N) is 1. The van der Waals surface area contributed by atoms with Crippen LogP contribution in [0.1, 0.15) is 11.3 Å². The molecule has 0 amide bonds. The molecule has 1 aromatic heterocycles. The van der Waals surface area contributed by atoms with E-state index in [9.17, 15) is 10.1 Å². The quantitative estimate of drug-likeness (QED) is 0.441. The van der Waals surface area contributed by atoms with Gasteiger partial charge in [0.05, 0.1) is 11.0 Å². The third-order valence-electron chi connectivity index (χ3n) is 2.52. The van der Waals surface area contributed by atoms with E-state index in [0.29, 0.717) is 5.58 Å². The smallest absolute Gasteiger partial charge is 0.295 e. The number of nitro benzene ring substituents is 1. The summed E-state index contributed by atoms with van der Waals surface area (Å²) >= 11 is 0. The van der Waals surface area contributed by atoms with Gasteiger partial charge in [0.15, 0.2) is 0 Å². The lowest BCUT2D eigenvalue weighted by molar-refractivity contribution is -0.383. The molecule has 15 heavy (non-hydrogen) atoms. The van der Waals surface area contributed by atoms with Crippen LogP contribution in [-0.2, 0) is 0 Å². The lowest BCUT2D eigenvalue weighted by Gasteiger charge is -1.96. The molecule has 0 atom stereocenters. The Morgan fingerprint density at radius 1 is 1.40 bits per heavy atom. The van der Waals surface area contributed by atoms with E-state index in [1.54, 1.807) is 6.07 Å². The number of nitrogen functional groups attached to an aromatic ring is 1. The predicted molar refractivity (Wildman–Crippen MR) is 56.8 cm³/mol. The van der Waals surface area contributed by atoms with Crippen LogP contribution in [0.5, 0.6) is 0 Å². The van der Waals surface area contributed by atoms with Gasteiger partial charge in [0, 0.05) is 5.39 Å². The fourth-order valence-electron chi connectivity index (χ4n) is 1.55. The molecule has 2 aromatic rings. The summed E-state index contributed by atoms with van der Waals surface area (Å²) in [4.78, 5) is 10.1. The molecule has 0 fully saturated rings. The van der Waals surface area contributed by atoms with Crippen molar-refractivity contribution in [1.82, 2.24) is 0 Å². The van der Waals surface area contributed by atoms with Gasteiger partial charge >= 0.3 is 0 Å². The summed E-state index contributed by atoms with van der Waals surface area (Å²) in [7, 11) is 0. The van der Waals surface area contributed by atoms with E-state index in [2.05, 4.69) is 0 Å². The number of fused-ring (bicyclic) bond motifs is 1. The molecule has 0 radical (unpaired) electrons. The first kappa shape index (κ1) is 9.51. The van der Waals surface area contributed by atoms with Crippen LogP contribution >= 0.6 is 0 Å². The third-order valence-corrected chi connectivity index (χ3v) is 2.52. The second kappa shape index (κ2) is 2.98. The van der Waals surface area contributed by atoms with Crippen LogP contribution in [0.4, 0.5) is 11.4 Å². The Kier molecular flexibility index (Phi) is 1.89. The van der Waals surface area contributed by atoms with Gasteiger partial charge in [-0.15, -0.1) is 0 Å². The second-order valence-corrected chi connectivity index (χ2v) is 3.45. The largest absolute Gasteiger partial charge is 0.461 e. The Hall–Kier alpha value is -2.04. The van der Waals surface area contributed by atoms with Crippen LogP contribution in [0.3, 0.4) is 0 Å². The summed E-state index contributed by atoms with van der Waals surface area (Å²) in [6.07, 6.45) is 0. The van der Waals surface area contributed by atoms with Gasteiger partial charge in [-0.05, 0) is 25.5 Å². The summed E-state index contributed by atoms with van der Waals surface area (Å²) < 4.78 is 5.38. The zero-order chi connectivity index (χ0) is 11.2. The Balaban J connectivity index is 2.82. The number of nitro groups is 1. The van der Waals surface area contributed by atoms with Gasteiger partial charge < -0.3 is 10.2 Å². The maximum absolute atomic E-state index is 10.6. The zero-order valence-corrected chi connectivity index (χ0v) is 8.40. The zero-order valence-electron chi connectivity index (χ0n) is 8.40. The summed E-state index contributed by atoms with van der Waals surface area (Å²) in [5.74, 6) is 0.755. The van der Waals surface area contributed by atoms with Crippen molar-refractivity contribution in [2.75, 3.05) is 5.73 Å². The molecular weight excluding hydrogens is 196 g/mol. The molecule has 0 aliphatic heterocycles. The lowest BCUT2D eigenvalue weighted by atomic mass is 10.1. The highest BCUT2D eigenvalue weighted by Gasteiger charge is 2.16. The molecule has 78 valence electrons. The number of anilines is 1. The van der Waals surface area contributed by atoms with Crippen molar-refractivity contribution in [3.63, 3.8) is 0 Å². The third kappa shape index (κ3) is 1.32. The topological polar surface area (TPSA) is 82.3 Å². The minimum Gasteiger partial charge on any atom is -0.461 e. The van der Waals surface area contributed by atoms with Crippen LogP contribution in [0, 0.1) is 24.0 Å². The highest BCUT2D eigenvalue weighted by atomic mass is 16.6. The van der Waals surface area contributed by atoms with E-state index in [0.717, 1.165) is 16.7 Å². The number of hydrogen-bond donors (Lipinski definition) is 1. The number of hydrogen-bond acceptors (Lipinski definition) is 4. The maximum atomic E-state index is 10.6. The van der Waals surface area contributed by atoms with Gasteiger partial charge in [-0.25, -0.2) is 0 Å². The van der Waals surface area contributed by atoms with Crippen LogP contribution < -0.4 is 5.73 Å². The van der Waals surface area contributed by atoms with Crippen molar-refractivity contribution >= 4 is 22.3 Å². The monoisotopic (exact) mass is 206 g/mol. The van der Waals surface area contributed by atoms with Crippen LogP contribution in [0.25, 0.3) is 11.0 Å². The van der Waals surface area contributed by atoms with Crippen molar-refractivity contribution < 1.29 is 9.34 Å². The molecule has 0 saturated carbocycles. The molecule has 5 nitrogen and oxygen atoms in total. The Bertz CT molecular complexity index is 557. The van der Waals surface area contributed by atoms with Crippen LogP contribution in [-0.4, -0.2) is 4.92 Å². The molecule has 5 heteroatoms. The van der Waals surface area contributed by atoms with E-state index in [1.165, 1.54) is 6.07 Å². The average molecular weight is 206 g/mol. The first-order valence-electron chi connectivity index (χ1n) is 4.44.